The van der Waals surface area contributed by atoms with Gasteiger partial charge in [-0.15, -0.1) is 0 Å². The molecule has 6 heteroatoms. The minimum absolute atomic E-state index is 0.111. The Hall–Kier alpha value is -5.20. The SMILES string of the molecule is Cc1ccc(C(NCC[C@H](NC(=O)OCC2c3ccccc3-c3ccccc32)C(=O)O)(c2ccccc2)c2ccccc2)cc1. The molecule has 0 saturated heterocycles. The predicted octanol–water partition coefficient (Wildman–Crippen LogP) is 7.26. The number of carboxylic acids is 1. The second kappa shape index (κ2) is 13.2. The zero-order valence-electron chi connectivity index (χ0n) is 25.1. The predicted molar refractivity (Wildman–Crippen MR) is 176 cm³/mol. The zero-order valence-corrected chi connectivity index (χ0v) is 25.1. The molecule has 5 aromatic rings. The first-order chi connectivity index (χ1) is 22.0. The topological polar surface area (TPSA) is 87.7 Å². The van der Waals surface area contributed by atoms with E-state index in [1.807, 2.05) is 72.8 Å². The van der Waals surface area contributed by atoms with Crippen molar-refractivity contribution in [3.63, 3.8) is 0 Å². The summed E-state index contributed by atoms with van der Waals surface area (Å²) in [5.74, 6) is -1.23. The number of hydrogen-bond acceptors (Lipinski definition) is 4. The van der Waals surface area contributed by atoms with Crippen LogP contribution in [0.25, 0.3) is 11.1 Å². The van der Waals surface area contributed by atoms with Gasteiger partial charge in [0.1, 0.15) is 12.6 Å². The van der Waals surface area contributed by atoms with Crippen molar-refractivity contribution in [2.24, 2.45) is 0 Å². The highest BCUT2D eigenvalue weighted by Crippen LogP contribution is 2.44. The van der Waals surface area contributed by atoms with Gasteiger partial charge in [-0.05, 0) is 58.8 Å². The van der Waals surface area contributed by atoms with Crippen LogP contribution < -0.4 is 10.6 Å². The molecule has 1 aliphatic rings. The Kier molecular flexibility index (Phi) is 8.76. The quantitative estimate of drug-likeness (QED) is 0.140. The van der Waals surface area contributed by atoms with Crippen LogP contribution in [0.3, 0.4) is 0 Å². The Morgan fingerprint density at radius 1 is 0.711 bits per heavy atom. The summed E-state index contributed by atoms with van der Waals surface area (Å²) >= 11 is 0. The van der Waals surface area contributed by atoms with E-state index < -0.39 is 23.6 Å². The molecule has 1 atom stereocenters. The summed E-state index contributed by atoms with van der Waals surface area (Å²) < 4.78 is 5.65. The standard InChI is InChI=1S/C39H36N2O4/c1-27-20-22-30(23-21-27)39(28-12-4-2-5-13-28,29-14-6-3-7-15-29)40-25-24-36(37(42)43)41-38(44)45-26-35-33-18-10-8-16-31(33)32-17-9-11-19-34(32)35/h2-23,35-36,40H,24-26H2,1H3,(H,41,44)(H,42,43)/t36-/m0/s1. The Bertz CT molecular complexity index is 1690. The third-order valence-corrected chi connectivity index (χ3v) is 8.66. The summed E-state index contributed by atoms with van der Waals surface area (Å²) in [5, 5.41) is 16.4. The van der Waals surface area contributed by atoms with Gasteiger partial charge in [-0.1, -0.05) is 139 Å². The molecule has 0 heterocycles. The lowest BCUT2D eigenvalue weighted by Gasteiger charge is -2.37. The van der Waals surface area contributed by atoms with Crippen LogP contribution in [-0.2, 0) is 15.1 Å². The molecule has 6 rings (SSSR count). The molecule has 0 fully saturated rings. The maximum absolute atomic E-state index is 13.0. The molecule has 1 amide bonds. The van der Waals surface area contributed by atoms with Gasteiger partial charge in [-0.2, -0.15) is 0 Å². The third kappa shape index (κ3) is 6.10. The van der Waals surface area contributed by atoms with Gasteiger partial charge in [0.2, 0.25) is 0 Å². The van der Waals surface area contributed by atoms with Crippen LogP contribution >= 0.6 is 0 Å². The second-order valence-electron chi connectivity index (χ2n) is 11.4. The average molecular weight is 597 g/mol. The highest BCUT2D eigenvalue weighted by atomic mass is 16.5. The molecule has 45 heavy (non-hydrogen) atoms. The summed E-state index contributed by atoms with van der Waals surface area (Å²) in [6, 6.07) is 43.7. The Labute approximate surface area is 263 Å². The van der Waals surface area contributed by atoms with Crippen LogP contribution in [0.5, 0.6) is 0 Å². The molecule has 6 nitrogen and oxygen atoms in total. The molecular formula is C39H36N2O4. The van der Waals surface area contributed by atoms with E-state index in [0.29, 0.717) is 6.54 Å². The van der Waals surface area contributed by atoms with E-state index in [2.05, 4.69) is 78.2 Å². The van der Waals surface area contributed by atoms with Gasteiger partial charge in [-0.25, -0.2) is 9.59 Å². The van der Waals surface area contributed by atoms with Gasteiger partial charge in [0.15, 0.2) is 0 Å². The number of hydrogen-bond donors (Lipinski definition) is 3. The van der Waals surface area contributed by atoms with E-state index in [0.717, 1.165) is 44.5 Å². The summed E-state index contributed by atoms with van der Waals surface area (Å²) in [7, 11) is 0. The number of ether oxygens (including phenoxy) is 1. The molecule has 0 unspecified atom stereocenters. The van der Waals surface area contributed by atoms with Crippen molar-refractivity contribution in [1.82, 2.24) is 10.6 Å². The van der Waals surface area contributed by atoms with Gasteiger partial charge < -0.3 is 15.2 Å². The Balaban J connectivity index is 1.18. The average Bonchev–Trinajstić information content (AvgIpc) is 3.40. The lowest BCUT2D eigenvalue weighted by molar-refractivity contribution is -0.139. The number of amides is 1. The fraction of sp³-hybridized carbons (Fsp3) is 0.179. The number of fused-ring (bicyclic) bond motifs is 3. The van der Waals surface area contributed by atoms with Crippen molar-refractivity contribution in [1.29, 1.82) is 0 Å². The Morgan fingerprint density at radius 3 is 1.73 bits per heavy atom. The molecule has 0 spiro atoms. The van der Waals surface area contributed by atoms with Crippen LogP contribution in [-0.4, -0.2) is 36.4 Å². The number of carbonyl (C=O) groups is 2. The van der Waals surface area contributed by atoms with E-state index in [1.54, 1.807) is 0 Å². The molecule has 226 valence electrons. The molecule has 0 aromatic heterocycles. The van der Waals surface area contributed by atoms with E-state index in [1.165, 1.54) is 0 Å². The number of aliphatic carboxylic acids is 1. The number of benzene rings is 5. The number of alkyl carbamates (subject to hydrolysis) is 1. The van der Waals surface area contributed by atoms with Crippen molar-refractivity contribution < 1.29 is 19.4 Å². The maximum Gasteiger partial charge on any atom is 0.407 e. The number of rotatable bonds is 11. The van der Waals surface area contributed by atoms with Crippen molar-refractivity contribution in [3.8, 4) is 11.1 Å². The van der Waals surface area contributed by atoms with Crippen molar-refractivity contribution in [2.45, 2.75) is 30.8 Å². The van der Waals surface area contributed by atoms with Crippen molar-refractivity contribution >= 4 is 12.1 Å². The van der Waals surface area contributed by atoms with Crippen LogP contribution in [0.2, 0.25) is 0 Å². The summed E-state index contributed by atoms with van der Waals surface area (Å²) in [6.45, 7) is 2.47. The molecule has 0 bridgehead atoms. The highest BCUT2D eigenvalue weighted by Gasteiger charge is 2.36. The molecule has 3 N–H and O–H groups in total. The molecular weight excluding hydrogens is 560 g/mol. The smallest absolute Gasteiger partial charge is 0.407 e. The van der Waals surface area contributed by atoms with Gasteiger partial charge in [0, 0.05) is 5.92 Å². The fourth-order valence-electron chi connectivity index (χ4n) is 6.43. The van der Waals surface area contributed by atoms with Crippen molar-refractivity contribution in [3.05, 3.63) is 167 Å². The Morgan fingerprint density at radius 2 is 1.20 bits per heavy atom. The monoisotopic (exact) mass is 596 g/mol. The number of carbonyl (C=O) groups excluding carboxylic acids is 1. The van der Waals surface area contributed by atoms with Gasteiger partial charge in [-0.3, -0.25) is 5.32 Å². The van der Waals surface area contributed by atoms with Gasteiger partial charge in [0.05, 0.1) is 5.54 Å². The van der Waals surface area contributed by atoms with Crippen LogP contribution in [0.4, 0.5) is 4.79 Å². The fourth-order valence-corrected chi connectivity index (χ4v) is 6.43. The van der Waals surface area contributed by atoms with Crippen LogP contribution in [0.1, 0.15) is 45.7 Å². The first kappa shape index (κ1) is 29.9. The minimum Gasteiger partial charge on any atom is -0.480 e. The molecule has 0 aliphatic heterocycles. The third-order valence-electron chi connectivity index (χ3n) is 8.66. The number of carboxylic acid groups (broad SMARTS) is 1. The minimum atomic E-state index is -1.14. The molecule has 5 aromatic carbocycles. The van der Waals surface area contributed by atoms with E-state index in [4.69, 9.17) is 4.74 Å². The molecule has 0 radical (unpaired) electrons. The van der Waals surface area contributed by atoms with E-state index in [-0.39, 0.29) is 18.9 Å². The lowest BCUT2D eigenvalue weighted by atomic mass is 9.76. The second-order valence-corrected chi connectivity index (χ2v) is 11.4. The van der Waals surface area contributed by atoms with Crippen molar-refractivity contribution in [2.75, 3.05) is 13.2 Å². The van der Waals surface area contributed by atoms with Gasteiger partial charge >= 0.3 is 12.1 Å². The number of aryl methyl sites for hydroxylation is 1. The summed E-state index contributed by atoms with van der Waals surface area (Å²) in [6.07, 6.45) is -0.604. The highest BCUT2D eigenvalue weighted by molar-refractivity contribution is 5.81. The van der Waals surface area contributed by atoms with Crippen LogP contribution in [0.15, 0.2) is 133 Å². The number of nitrogens with one attached hydrogen (secondary N) is 2. The molecule has 1 aliphatic carbocycles. The molecule has 0 saturated carbocycles. The summed E-state index contributed by atoms with van der Waals surface area (Å²) in [4.78, 5) is 25.3. The maximum atomic E-state index is 13.0. The van der Waals surface area contributed by atoms with E-state index in [9.17, 15) is 14.7 Å². The van der Waals surface area contributed by atoms with Gasteiger partial charge in [0.25, 0.3) is 0 Å². The lowest BCUT2D eigenvalue weighted by Crippen LogP contribution is -2.48. The normalized spacial score (nSPS) is 13.0. The largest absolute Gasteiger partial charge is 0.480 e. The van der Waals surface area contributed by atoms with Crippen LogP contribution in [0, 0.1) is 6.92 Å². The van der Waals surface area contributed by atoms with E-state index >= 15 is 0 Å². The summed E-state index contributed by atoms with van der Waals surface area (Å²) in [5.41, 5.74) is 7.93. The first-order valence-electron chi connectivity index (χ1n) is 15.2. The zero-order chi connectivity index (χ0) is 31.2. The first-order valence-corrected chi connectivity index (χ1v) is 15.2.